The van der Waals surface area contributed by atoms with Gasteiger partial charge in [0.2, 0.25) is 0 Å². The number of nitriles is 1. The van der Waals surface area contributed by atoms with E-state index in [0.29, 0.717) is 59.9 Å². The predicted molar refractivity (Wildman–Crippen MR) is 134 cm³/mol. The quantitative estimate of drug-likeness (QED) is 0.506. The van der Waals surface area contributed by atoms with E-state index in [2.05, 4.69) is 20.3 Å². The first kappa shape index (κ1) is 23.6. The van der Waals surface area contributed by atoms with Crippen LogP contribution < -0.4 is 15.8 Å². The van der Waals surface area contributed by atoms with E-state index in [9.17, 15) is 4.79 Å². The molecule has 11 heteroatoms. The van der Waals surface area contributed by atoms with Crippen LogP contribution in [-0.4, -0.2) is 41.7 Å². The van der Waals surface area contributed by atoms with Gasteiger partial charge in [-0.25, -0.2) is 15.0 Å². The number of nitrogens with one attached hydrogen (secondary N) is 1. The van der Waals surface area contributed by atoms with Crippen LogP contribution in [0.25, 0.3) is 5.57 Å². The molecule has 0 radical (unpaired) electrons. The van der Waals surface area contributed by atoms with Crippen LogP contribution in [0, 0.1) is 17.3 Å². The minimum atomic E-state index is -1.13. The number of fused-ring (bicyclic) bond motifs is 4. The molecule has 1 atom stereocenters. The number of carbonyl (C=O) groups excluding carboxylic acids is 1. The van der Waals surface area contributed by atoms with Gasteiger partial charge in [-0.1, -0.05) is 6.08 Å². The van der Waals surface area contributed by atoms with Crippen LogP contribution in [0.3, 0.4) is 0 Å². The smallest absolute Gasteiger partial charge is 0.283 e. The Morgan fingerprint density at radius 3 is 2.82 bits per heavy atom. The number of hydrogen-bond donors (Lipinski definition) is 2. The molecule has 0 saturated carbocycles. The lowest BCUT2D eigenvalue weighted by Crippen LogP contribution is -2.39. The average molecular weight is 513 g/mol. The Balaban J connectivity index is 1.44. The molecule has 3 aliphatic heterocycles. The predicted octanol–water partition coefficient (Wildman–Crippen LogP) is 3.63. The van der Waals surface area contributed by atoms with Crippen molar-refractivity contribution in [2.24, 2.45) is 10.7 Å². The lowest BCUT2D eigenvalue weighted by atomic mass is 9.77. The summed E-state index contributed by atoms with van der Waals surface area (Å²) in [6.07, 6.45) is 4.36. The van der Waals surface area contributed by atoms with Crippen molar-refractivity contribution < 1.29 is 23.4 Å². The third kappa shape index (κ3) is 4.01. The van der Waals surface area contributed by atoms with Crippen molar-refractivity contribution in [1.29, 1.82) is 5.26 Å². The van der Waals surface area contributed by atoms with Crippen molar-refractivity contribution in [3.8, 4) is 17.6 Å². The monoisotopic (exact) mass is 512 g/mol. The highest BCUT2D eigenvalue weighted by atomic mass is 19.1. The number of halogens is 1. The molecule has 1 spiro atoms. The number of carbonyl (C=O) groups is 1. The van der Waals surface area contributed by atoms with Crippen LogP contribution in [0.2, 0.25) is 0 Å². The molecule has 1 amide bonds. The zero-order chi connectivity index (χ0) is 26.3. The number of hydrogen-bond acceptors (Lipinski definition) is 9. The van der Waals surface area contributed by atoms with Gasteiger partial charge in [0.25, 0.3) is 17.9 Å². The molecular weight excluding hydrogens is 491 g/mol. The van der Waals surface area contributed by atoms with E-state index in [0.717, 1.165) is 5.57 Å². The van der Waals surface area contributed by atoms with Crippen molar-refractivity contribution in [3.63, 3.8) is 0 Å². The van der Waals surface area contributed by atoms with E-state index < -0.39 is 17.4 Å². The number of ether oxygens (including phenoxy) is 3. The number of pyridine rings is 2. The SMILES string of the molecule is N#Cc1ccc(C(=O)Nc2ccc3c(c2)[C@@]2(CCOC(N)=N2)c2cc(C4=CCCOC4)nc(F)c2O3)nc1. The van der Waals surface area contributed by atoms with E-state index in [4.69, 9.17) is 25.2 Å². The van der Waals surface area contributed by atoms with Gasteiger partial charge in [0.1, 0.15) is 23.1 Å². The van der Waals surface area contributed by atoms with E-state index in [-0.39, 0.29) is 24.1 Å². The third-order valence-corrected chi connectivity index (χ3v) is 6.65. The molecule has 190 valence electrons. The van der Waals surface area contributed by atoms with E-state index in [1.54, 1.807) is 24.3 Å². The van der Waals surface area contributed by atoms with Gasteiger partial charge >= 0.3 is 0 Å². The summed E-state index contributed by atoms with van der Waals surface area (Å²) in [4.78, 5) is 25.7. The van der Waals surface area contributed by atoms with Crippen molar-refractivity contribution in [2.45, 2.75) is 18.4 Å². The van der Waals surface area contributed by atoms with Gasteiger partial charge < -0.3 is 25.3 Å². The fourth-order valence-corrected chi connectivity index (χ4v) is 4.84. The number of nitrogens with two attached hydrogens (primary N) is 1. The average Bonchev–Trinajstić information content (AvgIpc) is 2.94. The maximum atomic E-state index is 15.4. The maximum absolute atomic E-state index is 15.4. The molecule has 0 unspecified atom stereocenters. The number of nitrogens with zero attached hydrogens (tertiary/aromatic N) is 4. The fourth-order valence-electron chi connectivity index (χ4n) is 4.84. The van der Waals surface area contributed by atoms with E-state index in [1.165, 1.54) is 18.3 Å². The zero-order valence-electron chi connectivity index (χ0n) is 20.0. The van der Waals surface area contributed by atoms with Crippen LogP contribution in [0.5, 0.6) is 11.5 Å². The van der Waals surface area contributed by atoms with E-state index in [1.807, 2.05) is 12.1 Å². The minimum absolute atomic E-state index is 0.0319. The number of amides is 1. The first-order valence-electron chi connectivity index (χ1n) is 11.9. The lowest BCUT2D eigenvalue weighted by molar-refractivity contribution is 0.102. The normalized spacial score (nSPS) is 19.6. The molecule has 2 aromatic heterocycles. The Hall–Kier alpha value is -4.82. The number of rotatable bonds is 3. The van der Waals surface area contributed by atoms with Gasteiger partial charge in [0.15, 0.2) is 5.75 Å². The number of aromatic nitrogens is 2. The zero-order valence-corrected chi connectivity index (χ0v) is 20.0. The molecular formula is C27H21FN6O4. The summed E-state index contributed by atoms with van der Waals surface area (Å²) in [6, 6.07) is 11.7. The molecule has 3 aromatic rings. The molecule has 0 bridgehead atoms. The number of anilines is 1. The second-order valence-corrected chi connectivity index (χ2v) is 8.97. The third-order valence-electron chi connectivity index (χ3n) is 6.65. The molecule has 6 rings (SSSR count). The standard InChI is InChI=1S/C27H21FN6O4/c28-24-23-19(11-21(33-24)16-2-1-8-36-14-16)27(7-9-37-26(30)34-27)18-10-17(4-6-22(18)38-23)32-25(35)20-5-3-15(12-29)13-31-20/h2-6,10-11,13H,1,7-9,14H2,(H2,30,34)(H,32,35)/t27-/m0/s1. The first-order valence-corrected chi connectivity index (χ1v) is 11.9. The highest BCUT2D eigenvalue weighted by Gasteiger charge is 2.46. The Bertz CT molecular complexity index is 1560. The second kappa shape index (κ2) is 9.24. The molecule has 3 aliphatic rings. The second-order valence-electron chi connectivity index (χ2n) is 8.97. The van der Waals surface area contributed by atoms with Gasteiger partial charge in [-0.2, -0.15) is 9.65 Å². The molecule has 0 saturated heterocycles. The molecule has 10 nitrogen and oxygen atoms in total. The van der Waals surface area contributed by atoms with E-state index >= 15 is 4.39 Å². The summed E-state index contributed by atoms with van der Waals surface area (Å²) in [5.41, 5.74) is 8.11. The number of benzene rings is 1. The molecule has 3 N–H and O–H groups in total. The Morgan fingerprint density at radius 1 is 1.18 bits per heavy atom. The van der Waals surface area contributed by atoms with Gasteiger partial charge in [0.05, 0.1) is 31.1 Å². The maximum Gasteiger partial charge on any atom is 0.283 e. The molecule has 0 aliphatic carbocycles. The summed E-state index contributed by atoms with van der Waals surface area (Å²) in [5.74, 6) is -0.898. The molecule has 5 heterocycles. The highest BCUT2D eigenvalue weighted by Crippen LogP contribution is 2.53. The van der Waals surface area contributed by atoms with Crippen LogP contribution in [-0.2, 0) is 15.0 Å². The van der Waals surface area contributed by atoms with Gasteiger partial charge in [-0.15, -0.1) is 0 Å². The van der Waals surface area contributed by atoms with Crippen LogP contribution in [0.4, 0.5) is 10.1 Å². The molecule has 38 heavy (non-hydrogen) atoms. The summed E-state index contributed by atoms with van der Waals surface area (Å²) >= 11 is 0. The Labute approximate surface area is 216 Å². The summed E-state index contributed by atoms with van der Waals surface area (Å²) < 4.78 is 32.4. The summed E-state index contributed by atoms with van der Waals surface area (Å²) in [6.45, 7) is 1.16. The van der Waals surface area contributed by atoms with Gasteiger partial charge in [0, 0.05) is 29.4 Å². The van der Waals surface area contributed by atoms with Crippen molar-refractivity contribution in [2.75, 3.05) is 25.1 Å². The summed E-state index contributed by atoms with van der Waals surface area (Å²) in [7, 11) is 0. The highest BCUT2D eigenvalue weighted by molar-refractivity contribution is 6.03. The summed E-state index contributed by atoms with van der Waals surface area (Å²) in [5, 5.41) is 11.8. The van der Waals surface area contributed by atoms with Gasteiger partial charge in [-0.3, -0.25) is 4.79 Å². The minimum Gasteiger partial charge on any atom is -0.465 e. The van der Waals surface area contributed by atoms with Crippen molar-refractivity contribution in [1.82, 2.24) is 9.97 Å². The van der Waals surface area contributed by atoms with Crippen LogP contribution in [0.15, 0.2) is 53.7 Å². The van der Waals surface area contributed by atoms with Crippen LogP contribution >= 0.6 is 0 Å². The Morgan fingerprint density at radius 2 is 2.08 bits per heavy atom. The molecule has 0 fully saturated rings. The van der Waals surface area contributed by atoms with Crippen molar-refractivity contribution >= 4 is 23.2 Å². The fraction of sp³-hybridized carbons (Fsp3) is 0.222. The van der Waals surface area contributed by atoms with Crippen LogP contribution in [0.1, 0.15) is 45.7 Å². The topological polar surface area (TPSA) is 145 Å². The largest absolute Gasteiger partial charge is 0.465 e. The number of aliphatic imine (C=N–C) groups is 1. The Kier molecular flexibility index (Phi) is 5.73. The number of amidine groups is 1. The van der Waals surface area contributed by atoms with Crippen molar-refractivity contribution in [3.05, 3.63) is 82.7 Å². The first-order chi connectivity index (χ1) is 18.5. The van der Waals surface area contributed by atoms with Gasteiger partial charge in [-0.05, 0) is 48.4 Å². The molecule has 1 aromatic carbocycles. The lowest BCUT2D eigenvalue weighted by Gasteiger charge is -2.39.